The minimum absolute atomic E-state index is 0. The highest BCUT2D eigenvalue weighted by Crippen LogP contribution is 2.12. The van der Waals surface area contributed by atoms with Crippen LogP contribution in [0.5, 0.6) is 0 Å². The molecule has 0 aliphatic carbocycles. The summed E-state index contributed by atoms with van der Waals surface area (Å²) in [6.45, 7) is 2.40. The lowest BCUT2D eigenvalue weighted by Gasteiger charge is -2.27. The lowest BCUT2D eigenvalue weighted by molar-refractivity contribution is -0.127. The molecule has 0 aromatic carbocycles. The zero-order valence-corrected chi connectivity index (χ0v) is 18.6. The number of nitrogens with zero attached hydrogens (tertiary/aromatic N) is 4. The van der Waals surface area contributed by atoms with E-state index in [0.29, 0.717) is 6.54 Å². The molecule has 1 aromatic heterocycles. The molecule has 8 heteroatoms. The Morgan fingerprint density at radius 2 is 2.15 bits per heavy atom. The summed E-state index contributed by atoms with van der Waals surface area (Å²) in [6.07, 6.45) is 5.66. The van der Waals surface area contributed by atoms with E-state index in [1.165, 1.54) is 12.1 Å². The van der Waals surface area contributed by atoms with Crippen LogP contribution in [-0.2, 0) is 23.1 Å². The quantitative estimate of drug-likeness (QED) is 0.385. The molecule has 1 N–H and O–H groups in total. The molecule has 1 unspecified atom stereocenters. The number of amides is 1. The lowest BCUT2D eigenvalue weighted by Crippen LogP contribution is -2.44. The van der Waals surface area contributed by atoms with Crippen LogP contribution in [0.2, 0.25) is 0 Å². The second-order valence-electron chi connectivity index (χ2n) is 6.76. The predicted octanol–water partition coefficient (Wildman–Crippen LogP) is 1.68. The van der Waals surface area contributed by atoms with Gasteiger partial charge < -0.3 is 24.4 Å². The average Bonchev–Trinajstić information content (AvgIpc) is 3.00. The Morgan fingerprint density at radius 3 is 2.73 bits per heavy atom. The van der Waals surface area contributed by atoms with Gasteiger partial charge in [-0.15, -0.1) is 24.0 Å². The van der Waals surface area contributed by atoms with Crippen molar-refractivity contribution in [3.8, 4) is 0 Å². The zero-order valence-electron chi connectivity index (χ0n) is 16.3. The molecule has 26 heavy (non-hydrogen) atoms. The van der Waals surface area contributed by atoms with Gasteiger partial charge in [0.2, 0.25) is 5.91 Å². The molecule has 2 heterocycles. The first-order valence-electron chi connectivity index (χ1n) is 8.88. The normalized spacial score (nSPS) is 17.4. The molecule has 1 aliphatic heterocycles. The van der Waals surface area contributed by atoms with Crippen molar-refractivity contribution in [2.24, 2.45) is 12.0 Å². The Labute approximate surface area is 173 Å². The number of aromatic nitrogens is 1. The van der Waals surface area contributed by atoms with Crippen molar-refractivity contribution in [3.05, 3.63) is 24.0 Å². The Balaban J connectivity index is 0.00000338. The first-order chi connectivity index (χ1) is 12.0. The summed E-state index contributed by atoms with van der Waals surface area (Å²) in [5, 5.41) is 3.39. The minimum Gasteiger partial charge on any atom is -0.376 e. The van der Waals surface area contributed by atoms with Gasteiger partial charge in [-0.1, -0.05) is 0 Å². The molecule has 0 spiro atoms. The number of likely N-dealkylation sites (N-methyl/N-ethyl adjacent to an activating group) is 1. The predicted molar refractivity (Wildman–Crippen MR) is 115 cm³/mol. The summed E-state index contributed by atoms with van der Waals surface area (Å²) in [4.78, 5) is 20.0. The fourth-order valence-corrected chi connectivity index (χ4v) is 2.75. The molecule has 1 aromatic rings. The molecule has 1 saturated heterocycles. The van der Waals surface area contributed by atoms with E-state index in [9.17, 15) is 4.79 Å². The van der Waals surface area contributed by atoms with Gasteiger partial charge in [-0.3, -0.25) is 4.79 Å². The number of guanidine groups is 1. The summed E-state index contributed by atoms with van der Waals surface area (Å²) >= 11 is 0. The third-order valence-corrected chi connectivity index (χ3v) is 4.44. The van der Waals surface area contributed by atoms with E-state index in [4.69, 9.17) is 4.74 Å². The van der Waals surface area contributed by atoms with Gasteiger partial charge in [-0.05, 0) is 31.4 Å². The van der Waals surface area contributed by atoms with Crippen molar-refractivity contribution in [1.29, 1.82) is 0 Å². The molecular formula is C18H32IN5O2. The van der Waals surface area contributed by atoms with Crippen LogP contribution >= 0.6 is 24.0 Å². The van der Waals surface area contributed by atoms with Gasteiger partial charge in [0.05, 0.1) is 12.6 Å². The van der Waals surface area contributed by atoms with Crippen molar-refractivity contribution in [2.45, 2.75) is 31.9 Å². The number of hydrogen-bond acceptors (Lipinski definition) is 3. The number of carbonyl (C=O) groups excluding carboxylic acids is 1. The van der Waals surface area contributed by atoms with Crippen LogP contribution in [-0.4, -0.2) is 73.2 Å². The molecule has 1 atom stereocenters. The molecule has 2 rings (SSSR count). The molecule has 148 valence electrons. The number of halogens is 1. The summed E-state index contributed by atoms with van der Waals surface area (Å²) in [7, 11) is 7.50. The Morgan fingerprint density at radius 1 is 1.38 bits per heavy atom. The number of aliphatic imine (C=N–C) groups is 1. The fourth-order valence-electron chi connectivity index (χ4n) is 2.75. The van der Waals surface area contributed by atoms with Crippen LogP contribution < -0.4 is 5.32 Å². The van der Waals surface area contributed by atoms with E-state index in [2.05, 4.69) is 20.9 Å². The van der Waals surface area contributed by atoms with Crippen LogP contribution in [0, 0.1) is 0 Å². The first-order valence-corrected chi connectivity index (χ1v) is 8.88. The van der Waals surface area contributed by atoms with Crippen LogP contribution in [0.3, 0.4) is 0 Å². The number of aryl methyl sites for hydroxylation is 1. The highest BCUT2D eigenvalue weighted by atomic mass is 127. The SMILES string of the molecule is CN(C)C(=O)CN=C(NCC1CCCCO1)N(C)Cc1cccn1C.I. The summed E-state index contributed by atoms with van der Waals surface area (Å²) in [5.74, 6) is 0.714. The Bertz CT molecular complexity index is 582. The number of rotatable bonds is 6. The number of carbonyl (C=O) groups is 1. The van der Waals surface area contributed by atoms with Gasteiger partial charge in [0.15, 0.2) is 5.96 Å². The molecule has 1 fully saturated rings. The molecule has 0 bridgehead atoms. The van der Waals surface area contributed by atoms with E-state index in [1.54, 1.807) is 19.0 Å². The van der Waals surface area contributed by atoms with E-state index < -0.39 is 0 Å². The van der Waals surface area contributed by atoms with E-state index in [-0.39, 0.29) is 42.5 Å². The highest BCUT2D eigenvalue weighted by molar-refractivity contribution is 14.0. The maximum atomic E-state index is 11.9. The van der Waals surface area contributed by atoms with Gasteiger partial charge in [-0.25, -0.2) is 4.99 Å². The maximum absolute atomic E-state index is 11.9. The third-order valence-electron chi connectivity index (χ3n) is 4.44. The largest absolute Gasteiger partial charge is 0.376 e. The van der Waals surface area contributed by atoms with Gasteiger partial charge in [0.25, 0.3) is 0 Å². The lowest BCUT2D eigenvalue weighted by atomic mass is 10.1. The second-order valence-corrected chi connectivity index (χ2v) is 6.76. The molecular weight excluding hydrogens is 445 g/mol. The summed E-state index contributed by atoms with van der Waals surface area (Å²) in [5.41, 5.74) is 1.19. The topological polar surface area (TPSA) is 62.1 Å². The highest BCUT2D eigenvalue weighted by Gasteiger charge is 2.16. The summed E-state index contributed by atoms with van der Waals surface area (Å²) < 4.78 is 7.87. The third kappa shape index (κ3) is 7.14. The van der Waals surface area contributed by atoms with Crippen LogP contribution in [0.15, 0.2) is 23.3 Å². The van der Waals surface area contributed by atoms with Gasteiger partial charge in [-0.2, -0.15) is 0 Å². The fraction of sp³-hybridized carbons (Fsp3) is 0.667. The average molecular weight is 477 g/mol. The maximum Gasteiger partial charge on any atom is 0.243 e. The Hall–Kier alpha value is -1.29. The first kappa shape index (κ1) is 22.8. The van der Waals surface area contributed by atoms with Crippen LogP contribution in [0.25, 0.3) is 0 Å². The number of nitrogens with one attached hydrogen (secondary N) is 1. The number of hydrogen-bond donors (Lipinski definition) is 1. The van der Waals surface area contributed by atoms with Crippen molar-refractivity contribution in [3.63, 3.8) is 0 Å². The standard InChI is InChI=1S/C18H31N5O2.HI/c1-21(2)17(24)13-20-18(19-12-16-9-5-6-11-25-16)23(4)14-15-8-7-10-22(15)3;/h7-8,10,16H,5-6,9,11-14H2,1-4H3,(H,19,20);1H. The monoisotopic (exact) mass is 477 g/mol. The smallest absolute Gasteiger partial charge is 0.243 e. The zero-order chi connectivity index (χ0) is 18.2. The molecule has 7 nitrogen and oxygen atoms in total. The van der Waals surface area contributed by atoms with E-state index in [1.807, 2.05) is 31.3 Å². The van der Waals surface area contributed by atoms with E-state index >= 15 is 0 Å². The molecule has 0 radical (unpaired) electrons. The molecule has 1 amide bonds. The van der Waals surface area contributed by atoms with Crippen molar-refractivity contribution in [1.82, 2.24) is 19.7 Å². The van der Waals surface area contributed by atoms with Crippen LogP contribution in [0.4, 0.5) is 0 Å². The molecule has 0 saturated carbocycles. The van der Waals surface area contributed by atoms with Gasteiger partial charge in [0, 0.05) is 53.2 Å². The van der Waals surface area contributed by atoms with Crippen molar-refractivity contribution in [2.75, 3.05) is 40.8 Å². The summed E-state index contributed by atoms with van der Waals surface area (Å²) in [6, 6.07) is 4.11. The second kappa shape index (κ2) is 11.4. The molecule has 1 aliphatic rings. The van der Waals surface area contributed by atoms with Gasteiger partial charge >= 0.3 is 0 Å². The minimum atomic E-state index is -0.0134. The van der Waals surface area contributed by atoms with E-state index in [0.717, 1.165) is 32.0 Å². The number of ether oxygens (including phenoxy) is 1. The Kier molecular flexibility index (Phi) is 10.0. The van der Waals surface area contributed by atoms with Gasteiger partial charge in [0.1, 0.15) is 6.54 Å². The van der Waals surface area contributed by atoms with Crippen molar-refractivity contribution < 1.29 is 9.53 Å². The van der Waals surface area contributed by atoms with Crippen LogP contribution in [0.1, 0.15) is 25.0 Å². The van der Waals surface area contributed by atoms with Crippen molar-refractivity contribution >= 4 is 35.8 Å².